The van der Waals surface area contributed by atoms with Crippen LogP contribution in [0.3, 0.4) is 0 Å². The summed E-state index contributed by atoms with van der Waals surface area (Å²) in [4.78, 5) is 12.4. The van der Waals surface area contributed by atoms with E-state index in [2.05, 4.69) is 5.32 Å². The first-order valence-corrected chi connectivity index (χ1v) is 11.5. The summed E-state index contributed by atoms with van der Waals surface area (Å²) < 4.78 is 35.5. The van der Waals surface area contributed by atoms with Gasteiger partial charge in [0.05, 0.1) is 17.8 Å². The normalized spacial score (nSPS) is 11.4. The molecule has 0 saturated heterocycles. The average Bonchev–Trinajstić information content (AvgIpc) is 2.79. The van der Waals surface area contributed by atoms with Crippen LogP contribution in [0.25, 0.3) is 6.08 Å². The zero-order chi connectivity index (χ0) is 24.0. The van der Waals surface area contributed by atoms with Crippen LogP contribution in [0, 0.1) is 11.3 Å². The van der Waals surface area contributed by atoms with Crippen molar-refractivity contribution < 1.29 is 22.1 Å². The summed E-state index contributed by atoms with van der Waals surface area (Å²) >= 11 is 11.8. The average molecular weight is 503 g/mol. The van der Waals surface area contributed by atoms with Crippen molar-refractivity contribution >= 4 is 51.0 Å². The van der Waals surface area contributed by atoms with Crippen molar-refractivity contribution in [2.75, 3.05) is 12.4 Å². The number of anilines is 1. The van der Waals surface area contributed by atoms with Crippen LogP contribution in [0.1, 0.15) is 5.56 Å². The SMILES string of the molecule is COc1cc(/C=C(\C#N)C(=O)Nc2ccccc2Cl)ccc1OS(=O)(=O)c1ccc(Cl)cc1. The molecule has 0 aliphatic heterocycles. The van der Waals surface area contributed by atoms with Crippen LogP contribution < -0.4 is 14.2 Å². The van der Waals surface area contributed by atoms with Gasteiger partial charge in [-0.15, -0.1) is 0 Å². The number of rotatable bonds is 7. The van der Waals surface area contributed by atoms with Gasteiger partial charge in [-0.2, -0.15) is 13.7 Å². The van der Waals surface area contributed by atoms with E-state index in [1.54, 1.807) is 24.3 Å². The molecular weight excluding hydrogens is 487 g/mol. The number of halogens is 2. The molecule has 1 amide bonds. The number of nitrogens with one attached hydrogen (secondary N) is 1. The van der Waals surface area contributed by atoms with Crippen molar-refractivity contribution in [3.05, 3.63) is 87.9 Å². The van der Waals surface area contributed by atoms with E-state index < -0.39 is 16.0 Å². The van der Waals surface area contributed by atoms with Crippen LogP contribution in [0.2, 0.25) is 10.0 Å². The molecular formula is C23H16Cl2N2O5S. The second kappa shape index (κ2) is 10.4. The predicted octanol–water partition coefficient (Wildman–Crippen LogP) is 5.32. The highest BCUT2D eigenvalue weighted by molar-refractivity contribution is 7.87. The Morgan fingerprint density at radius 3 is 2.36 bits per heavy atom. The Labute approximate surface area is 200 Å². The number of carbonyl (C=O) groups excluding carboxylic acids is 1. The van der Waals surface area contributed by atoms with E-state index in [-0.39, 0.29) is 22.0 Å². The van der Waals surface area contributed by atoms with E-state index in [1.165, 1.54) is 55.7 Å². The number of amides is 1. The highest BCUT2D eigenvalue weighted by Gasteiger charge is 2.19. The van der Waals surface area contributed by atoms with Gasteiger partial charge in [0.25, 0.3) is 5.91 Å². The molecule has 0 saturated carbocycles. The minimum absolute atomic E-state index is 0.0661. The number of hydrogen-bond acceptors (Lipinski definition) is 6. The molecule has 1 N–H and O–H groups in total. The molecule has 7 nitrogen and oxygen atoms in total. The Morgan fingerprint density at radius 2 is 1.73 bits per heavy atom. The van der Waals surface area contributed by atoms with Gasteiger partial charge in [-0.25, -0.2) is 0 Å². The van der Waals surface area contributed by atoms with E-state index in [9.17, 15) is 18.5 Å². The number of nitrogens with zero attached hydrogens (tertiary/aromatic N) is 1. The minimum Gasteiger partial charge on any atom is -0.493 e. The number of nitriles is 1. The summed E-state index contributed by atoms with van der Waals surface area (Å²) in [6.45, 7) is 0. The molecule has 3 aromatic rings. The van der Waals surface area contributed by atoms with Crippen molar-refractivity contribution in [2.45, 2.75) is 4.90 Å². The van der Waals surface area contributed by atoms with Gasteiger partial charge in [-0.3, -0.25) is 4.79 Å². The Morgan fingerprint density at radius 1 is 1.03 bits per heavy atom. The number of hydrogen-bond donors (Lipinski definition) is 1. The molecule has 0 atom stereocenters. The molecule has 0 aliphatic rings. The van der Waals surface area contributed by atoms with Crippen LogP contribution in [-0.4, -0.2) is 21.4 Å². The lowest BCUT2D eigenvalue weighted by atomic mass is 10.1. The van der Waals surface area contributed by atoms with Crippen molar-refractivity contribution in [2.24, 2.45) is 0 Å². The maximum atomic E-state index is 12.5. The van der Waals surface area contributed by atoms with E-state index in [0.29, 0.717) is 21.3 Å². The number of benzene rings is 3. The minimum atomic E-state index is -4.14. The summed E-state index contributed by atoms with van der Waals surface area (Å²) in [6.07, 6.45) is 1.33. The van der Waals surface area contributed by atoms with E-state index in [0.717, 1.165) is 0 Å². The first-order valence-electron chi connectivity index (χ1n) is 9.29. The lowest BCUT2D eigenvalue weighted by Crippen LogP contribution is -2.13. The van der Waals surface area contributed by atoms with Gasteiger partial charge < -0.3 is 14.2 Å². The summed E-state index contributed by atoms with van der Waals surface area (Å²) in [5, 5.41) is 12.7. The van der Waals surface area contributed by atoms with Crippen LogP contribution in [0.5, 0.6) is 11.5 Å². The van der Waals surface area contributed by atoms with Gasteiger partial charge >= 0.3 is 10.1 Å². The Kier molecular flexibility index (Phi) is 7.61. The number of methoxy groups -OCH3 is 1. The van der Waals surface area contributed by atoms with Crippen LogP contribution >= 0.6 is 23.2 Å². The highest BCUT2D eigenvalue weighted by Crippen LogP contribution is 2.32. The van der Waals surface area contributed by atoms with E-state index in [1.807, 2.05) is 6.07 Å². The fourth-order valence-corrected chi connectivity index (χ4v) is 3.93. The van der Waals surface area contributed by atoms with Gasteiger partial charge in [0.1, 0.15) is 16.5 Å². The first kappa shape index (κ1) is 24.1. The Bertz CT molecular complexity index is 1360. The van der Waals surface area contributed by atoms with Gasteiger partial charge in [0, 0.05) is 5.02 Å². The summed E-state index contributed by atoms with van der Waals surface area (Å²) in [5.41, 5.74) is 0.576. The third-order valence-corrected chi connectivity index (χ3v) is 6.12. The standard InChI is InChI=1S/C23H16Cl2N2O5S/c1-31-22-13-15(12-16(14-26)23(28)27-20-5-3-2-4-19(20)25)6-11-21(22)32-33(29,30)18-9-7-17(24)8-10-18/h2-13H,1H3,(H,27,28)/b16-12+. The van der Waals surface area contributed by atoms with Gasteiger partial charge in [-0.1, -0.05) is 41.4 Å². The lowest BCUT2D eigenvalue weighted by Gasteiger charge is -2.12. The molecule has 3 rings (SSSR count). The second-order valence-electron chi connectivity index (χ2n) is 6.51. The van der Waals surface area contributed by atoms with Crippen molar-refractivity contribution in [3.63, 3.8) is 0 Å². The zero-order valence-electron chi connectivity index (χ0n) is 17.1. The highest BCUT2D eigenvalue weighted by atomic mass is 35.5. The molecule has 0 bridgehead atoms. The fraction of sp³-hybridized carbons (Fsp3) is 0.0435. The van der Waals surface area contributed by atoms with Gasteiger partial charge in [0.2, 0.25) is 0 Å². The van der Waals surface area contributed by atoms with Crippen LogP contribution in [-0.2, 0) is 14.9 Å². The smallest absolute Gasteiger partial charge is 0.339 e. The summed E-state index contributed by atoms with van der Waals surface area (Å²) in [6, 6.07) is 18.2. The summed E-state index contributed by atoms with van der Waals surface area (Å²) in [7, 11) is -2.81. The number of ether oxygens (including phenoxy) is 1. The molecule has 3 aromatic carbocycles. The molecule has 0 aliphatic carbocycles. The largest absolute Gasteiger partial charge is 0.493 e. The summed E-state index contributed by atoms with van der Waals surface area (Å²) in [5.74, 6) is -0.635. The number of para-hydroxylation sites is 1. The molecule has 0 radical (unpaired) electrons. The fourth-order valence-electron chi connectivity index (χ4n) is 2.68. The zero-order valence-corrected chi connectivity index (χ0v) is 19.4. The maximum absolute atomic E-state index is 12.5. The third-order valence-electron chi connectivity index (χ3n) is 4.29. The van der Waals surface area contributed by atoms with Crippen molar-refractivity contribution in [1.82, 2.24) is 0 Å². The van der Waals surface area contributed by atoms with Crippen LogP contribution in [0.4, 0.5) is 5.69 Å². The number of carbonyl (C=O) groups is 1. The van der Waals surface area contributed by atoms with E-state index >= 15 is 0 Å². The maximum Gasteiger partial charge on any atom is 0.339 e. The quantitative estimate of drug-likeness (QED) is 0.266. The molecule has 0 heterocycles. The van der Waals surface area contributed by atoms with Gasteiger partial charge in [-0.05, 0) is 60.2 Å². The second-order valence-corrected chi connectivity index (χ2v) is 8.90. The molecule has 10 heteroatoms. The Hall–Kier alpha value is -3.51. The Balaban J connectivity index is 1.85. The predicted molar refractivity (Wildman–Crippen MR) is 126 cm³/mol. The molecule has 0 aromatic heterocycles. The van der Waals surface area contributed by atoms with E-state index in [4.69, 9.17) is 32.1 Å². The lowest BCUT2D eigenvalue weighted by molar-refractivity contribution is -0.112. The molecule has 168 valence electrons. The first-order chi connectivity index (χ1) is 15.7. The molecule has 0 fully saturated rings. The monoisotopic (exact) mass is 502 g/mol. The molecule has 33 heavy (non-hydrogen) atoms. The van der Waals surface area contributed by atoms with Gasteiger partial charge in [0.15, 0.2) is 11.5 Å². The van der Waals surface area contributed by atoms with Crippen molar-refractivity contribution in [3.8, 4) is 17.6 Å². The molecule has 0 spiro atoms. The third kappa shape index (κ3) is 6.05. The topological polar surface area (TPSA) is 105 Å². The molecule has 0 unspecified atom stereocenters. The van der Waals surface area contributed by atoms with Crippen LogP contribution in [0.15, 0.2) is 77.2 Å². The van der Waals surface area contributed by atoms with Crippen molar-refractivity contribution in [1.29, 1.82) is 5.26 Å².